The van der Waals surface area contributed by atoms with Gasteiger partial charge in [-0.15, -0.1) is 0 Å². The van der Waals surface area contributed by atoms with Gasteiger partial charge in [-0.3, -0.25) is 9.97 Å². The van der Waals surface area contributed by atoms with E-state index in [4.69, 9.17) is 4.42 Å². The van der Waals surface area contributed by atoms with Gasteiger partial charge in [0.15, 0.2) is 0 Å². The zero-order chi connectivity index (χ0) is 12.8. The van der Waals surface area contributed by atoms with E-state index in [0.717, 1.165) is 36.5 Å². The highest BCUT2D eigenvalue weighted by molar-refractivity contribution is 5.10. The Morgan fingerprint density at radius 3 is 2.83 bits per heavy atom. The van der Waals surface area contributed by atoms with Crippen LogP contribution in [0.4, 0.5) is 0 Å². The van der Waals surface area contributed by atoms with Crippen molar-refractivity contribution < 1.29 is 4.42 Å². The third kappa shape index (κ3) is 3.40. The summed E-state index contributed by atoms with van der Waals surface area (Å²) in [4.78, 5) is 8.75. The quantitative estimate of drug-likeness (QED) is 0.850. The largest absolute Gasteiger partial charge is 0.469 e. The van der Waals surface area contributed by atoms with Gasteiger partial charge in [-0.2, -0.15) is 0 Å². The summed E-state index contributed by atoms with van der Waals surface area (Å²) in [5, 5.41) is 3.48. The second-order valence-corrected chi connectivity index (χ2v) is 4.37. The Bertz CT molecular complexity index is 450. The van der Waals surface area contributed by atoms with E-state index < -0.39 is 0 Å². The van der Waals surface area contributed by atoms with Crippen LogP contribution in [-0.4, -0.2) is 16.5 Å². The topological polar surface area (TPSA) is 51.0 Å². The van der Waals surface area contributed by atoms with Crippen molar-refractivity contribution in [2.24, 2.45) is 0 Å². The molecule has 1 atom stereocenters. The van der Waals surface area contributed by atoms with Gasteiger partial charge in [0, 0.05) is 12.6 Å². The Morgan fingerprint density at radius 1 is 1.33 bits per heavy atom. The number of aryl methyl sites for hydroxylation is 1. The minimum absolute atomic E-state index is 0.157. The van der Waals surface area contributed by atoms with Crippen LogP contribution in [0.1, 0.15) is 36.5 Å². The highest BCUT2D eigenvalue weighted by Crippen LogP contribution is 2.16. The Kier molecular flexibility index (Phi) is 4.47. The van der Waals surface area contributed by atoms with Crippen molar-refractivity contribution in [2.75, 3.05) is 6.54 Å². The van der Waals surface area contributed by atoms with E-state index in [0.29, 0.717) is 0 Å². The van der Waals surface area contributed by atoms with Crippen LogP contribution in [0.15, 0.2) is 35.2 Å². The van der Waals surface area contributed by atoms with E-state index in [9.17, 15) is 0 Å². The number of furan rings is 1. The van der Waals surface area contributed by atoms with E-state index in [1.54, 1.807) is 12.5 Å². The maximum atomic E-state index is 5.40. The molecule has 4 heteroatoms. The van der Waals surface area contributed by atoms with Crippen LogP contribution in [0.5, 0.6) is 0 Å². The lowest BCUT2D eigenvalue weighted by Gasteiger charge is -2.16. The fourth-order valence-corrected chi connectivity index (χ4v) is 1.81. The molecular formula is C14H19N3O. The molecule has 0 spiro atoms. The molecule has 2 rings (SSSR count). The van der Waals surface area contributed by atoms with Gasteiger partial charge in [0.1, 0.15) is 5.76 Å². The molecule has 0 aliphatic rings. The maximum Gasteiger partial charge on any atom is 0.105 e. The monoisotopic (exact) mass is 245 g/mol. The molecule has 0 aliphatic heterocycles. The van der Waals surface area contributed by atoms with Crippen molar-refractivity contribution in [1.29, 1.82) is 0 Å². The first-order valence-corrected chi connectivity index (χ1v) is 6.34. The highest BCUT2D eigenvalue weighted by Gasteiger charge is 2.14. The predicted octanol–water partition coefficient (Wildman–Crippen LogP) is 2.66. The van der Waals surface area contributed by atoms with Crippen LogP contribution in [0.25, 0.3) is 0 Å². The van der Waals surface area contributed by atoms with E-state index in [1.165, 1.54) is 0 Å². The Morgan fingerprint density at radius 2 is 2.22 bits per heavy atom. The normalized spacial score (nSPS) is 12.6. The van der Waals surface area contributed by atoms with Crippen molar-refractivity contribution in [2.45, 2.75) is 32.7 Å². The average molecular weight is 245 g/mol. The van der Waals surface area contributed by atoms with Crippen molar-refractivity contribution >= 4 is 0 Å². The summed E-state index contributed by atoms with van der Waals surface area (Å²) in [6.45, 7) is 5.05. The molecule has 0 saturated heterocycles. The number of rotatable bonds is 6. The van der Waals surface area contributed by atoms with Gasteiger partial charge < -0.3 is 9.73 Å². The second kappa shape index (κ2) is 6.31. The lowest BCUT2D eigenvalue weighted by atomic mass is 10.1. The molecular weight excluding hydrogens is 226 g/mol. The summed E-state index contributed by atoms with van der Waals surface area (Å²) >= 11 is 0. The van der Waals surface area contributed by atoms with Gasteiger partial charge in [0.2, 0.25) is 0 Å². The molecule has 2 aromatic heterocycles. The number of nitrogens with zero attached hydrogens (tertiary/aromatic N) is 2. The number of aromatic nitrogens is 2. The van der Waals surface area contributed by atoms with Gasteiger partial charge in [0.05, 0.1) is 29.9 Å². The summed E-state index contributed by atoms with van der Waals surface area (Å²) in [6.07, 6.45) is 7.23. The molecule has 0 bridgehead atoms. The van der Waals surface area contributed by atoms with Crippen molar-refractivity contribution in [3.8, 4) is 0 Å². The molecule has 4 nitrogen and oxygen atoms in total. The van der Waals surface area contributed by atoms with Crippen LogP contribution < -0.4 is 5.32 Å². The van der Waals surface area contributed by atoms with E-state index in [2.05, 4.69) is 22.2 Å². The van der Waals surface area contributed by atoms with Crippen LogP contribution >= 0.6 is 0 Å². The zero-order valence-corrected chi connectivity index (χ0v) is 10.9. The fourth-order valence-electron chi connectivity index (χ4n) is 1.81. The lowest BCUT2D eigenvalue weighted by molar-refractivity contribution is 0.443. The molecule has 1 N–H and O–H groups in total. The summed E-state index contributed by atoms with van der Waals surface area (Å²) in [5.41, 5.74) is 1.90. The van der Waals surface area contributed by atoms with Gasteiger partial charge in [-0.1, -0.05) is 6.92 Å². The molecule has 1 unspecified atom stereocenters. The van der Waals surface area contributed by atoms with Crippen LogP contribution in [-0.2, 0) is 6.42 Å². The fraction of sp³-hybridized carbons (Fsp3) is 0.429. The van der Waals surface area contributed by atoms with Crippen LogP contribution in [0.2, 0.25) is 0 Å². The molecule has 0 aromatic carbocycles. The highest BCUT2D eigenvalue weighted by atomic mass is 16.3. The molecule has 2 aromatic rings. The molecule has 18 heavy (non-hydrogen) atoms. The molecule has 0 fully saturated rings. The smallest absolute Gasteiger partial charge is 0.105 e. The van der Waals surface area contributed by atoms with Gasteiger partial charge >= 0.3 is 0 Å². The third-order valence-electron chi connectivity index (χ3n) is 2.78. The zero-order valence-electron chi connectivity index (χ0n) is 10.9. The number of hydrogen-bond acceptors (Lipinski definition) is 4. The van der Waals surface area contributed by atoms with E-state index in [-0.39, 0.29) is 6.04 Å². The van der Waals surface area contributed by atoms with E-state index >= 15 is 0 Å². The number of hydrogen-bond donors (Lipinski definition) is 1. The van der Waals surface area contributed by atoms with Crippen LogP contribution in [0.3, 0.4) is 0 Å². The average Bonchev–Trinajstić information content (AvgIpc) is 2.88. The molecule has 0 saturated carbocycles. The Hall–Kier alpha value is -1.68. The first-order chi connectivity index (χ1) is 8.79. The van der Waals surface area contributed by atoms with Gasteiger partial charge in [-0.05, 0) is 32.0 Å². The standard InChI is InChI=1S/C14H19N3O/c1-3-6-15-13(8-12-5-4-7-18-12)14-10-16-11(2)9-17-14/h4-5,7,9-10,13,15H,3,6,8H2,1-2H3. The van der Waals surface area contributed by atoms with E-state index in [1.807, 2.05) is 25.3 Å². The molecule has 0 radical (unpaired) electrons. The molecule has 0 amide bonds. The summed E-state index contributed by atoms with van der Waals surface area (Å²) in [6, 6.07) is 4.05. The Labute approximate surface area is 107 Å². The third-order valence-corrected chi connectivity index (χ3v) is 2.78. The maximum absolute atomic E-state index is 5.40. The van der Waals surface area contributed by atoms with Crippen molar-refractivity contribution in [3.05, 3.63) is 47.9 Å². The second-order valence-electron chi connectivity index (χ2n) is 4.37. The minimum Gasteiger partial charge on any atom is -0.469 e. The minimum atomic E-state index is 0.157. The van der Waals surface area contributed by atoms with Gasteiger partial charge in [-0.25, -0.2) is 0 Å². The molecule has 2 heterocycles. The lowest BCUT2D eigenvalue weighted by Crippen LogP contribution is -2.25. The summed E-state index contributed by atoms with van der Waals surface area (Å²) in [5.74, 6) is 0.964. The predicted molar refractivity (Wildman–Crippen MR) is 70.2 cm³/mol. The Balaban J connectivity index is 2.11. The molecule has 0 aliphatic carbocycles. The SMILES string of the molecule is CCCNC(Cc1ccco1)c1cnc(C)cn1. The molecule has 96 valence electrons. The van der Waals surface area contributed by atoms with Gasteiger partial charge in [0.25, 0.3) is 0 Å². The van der Waals surface area contributed by atoms with Crippen molar-refractivity contribution in [1.82, 2.24) is 15.3 Å². The van der Waals surface area contributed by atoms with Crippen LogP contribution in [0, 0.1) is 6.92 Å². The first-order valence-electron chi connectivity index (χ1n) is 6.34. The number of nitrogens with one attached hydrogen (secondary N) is 1. The summed E-state index contributed by atoms with van der Waals surface area (Å²) < 4.78 is 5.40. The summed E-state index contributed by atoms with van der Waals surface area (Å²) in [7, 11) is 0. The van der Waals surface area contributed by atoms with Crippen molar-refractivity contribution in [3.63, 3.8) is 0 Å². The first kappa shape index (κ1) is 12.8.